The fraction of sp³-hybridized carbons (Fsp3) is 0.235. The Hall–Kier alpha value is -2.12. The minimum absolute atomic E-state index is 0.0261. The van der Waals surface area contributed by atoms with Crippen LogP contribution in [0.1, 0.15) is 11.1 Å². The van der Waals surface area contributed by atoms with Crippen LogP contribution in [0.15, 0.2) is 45.7 Å². The molecule has 0 atom stereocenters. The van der Waals surface area contributed by atoms with Gasteiger partial charge in [0.25, 0.3) is 5.56 Å². The number of thioether (sulfide) groups is 1. The maximum atomic E-state index is 12.6. The summed E-state index contributed by atoms with van der Waals surface area (Å²) in [6, 6.07) is 9.80. The van der Waals surface area contributed by atoms with Crippen molar-refractivity contribution in [3.63, 3.8) is 0 Å². The second-order valence-corrected chi connectivity index (χ2v) is 7.08. The van der Waals surface area contributed by atoms with E-state index in [1.165, 1.54) is 33.2 Å². The topological polar surface area (TPSA) is 64.0 Å². The first kappa shape index (κ1) is 16.7. The lowest BCUT2D eigenvalue weighted by atomic mass is 10.1. The van der Waals surface area contributed by atoms with Crippen LogP contribution in [-0.4, -0.2) is 21.7 Å². The first-order valence-electron chi connectivity index (χ1n) is 7.43. The van der Waals surface area contributed by atoms with Gasteiger partial charge in [-0.05, 0) is 30.2 Å². The highest BCUT2D eigenvalue weighted by molar-refractivity contribution is 7.98. The van der Waals surface area contributed by atoms with Crippen LogP contribution in [-0.2, 0) is 17.9 Å². The Bertz CT molecular complexity index is 929. The molecule has 2 aromatic heterocycles. The van der Waals surface area contributed by atoms with Crippen molar-refractivity contribution in [1.82, 2.24) is 14.9 Å². The van der Waals surface area contributed by atoms with E-state index in [0.717, 1.165) is 5.56 Å². The number of thiophene rings is 1. The molecule has 0 bridgehead atoms. The van der Waals surface area contributed by atoms with Gasteiger partial charge < -0.3 is 5.32 Å². The van der Waals surface area contributed by atoms with E-state index in [4.69, 9.17) is 0 Å². The molecule has 0 aliphatic carbocycles. The van der Waals surface area contributed by atoms with Gasteiger partial charge in [0, 0.05) is 6.54 Å². The lowest BCUT2D eigenvalue weighted by molar-refractivity contribution is -0.122. The number of nitrogens with one attached hydrogen (secondary N) is 1. The van der Waals surface area contributed by atoms with Crippen molar-refractivity contribution in [2.75, 3.05) is 6.26 Å². The van der Waals surface area contributed by atoms with E-state index in [9.17, 15) is 9.59 Å². The zero-order chi connectivity index (χ0) is 17.1. The Labute approximate surface area is 147 Å². The molecule has 0 radical (unpaired) electrons. The van der Waals surface area contributed by atoms with E-state index < -0.39 is 0 Å². The fourth-order valence-corrected chi connectivity index (χ4v) is 3.66. The fourth-order valence-electron chi connectivity index (χ4n) is 2.32. The van der Waals surface area contributed by atoms with Crippen LogP contribution in [0.2, 0.25) is 0 Å². The number of nitrogens with zero attached hydrogens (tertiary/aromatic N) is 2. The summed E-state index contributed by atoms with van der Waals surface area (Å²) < 4.78 is 2.02. The van der Waals surface area contributed by atoms with Gasteiger partial charge >= 0.3 is 0 Å². The summed E-state index contributed by atoms with van der Waals surface area (Å²) in [5, 5.41) is 5.25. The summed E-state index contributed by atoms with van der Waals surface area (Å²) in [7, 11) is 0. The lowest BCUT2D eigenvalue weighted by Gasteiger charge is -2.11. The number of amides is 1. The smallest absolute Gasteiger partial charge is 0.272 e. The number of hydrogen-bond acceptors (Lipinski definition) is 5. The van der Waals surface area contributed by atoms with Crippen LogP contribution in [0.3, 0.4) is 0 Å². The highest BCUT2D eigenvalue weighted by atomic mass is 32.2. The molecule has 24 heavy (non-hydrogen) atoms. The highest BCUT2D eigenvalue weighted by Gasteiger charge is 2.14. The minimum Gasteiger partial charge on any atom is -0.350 e. The summed E-state index contributed by atoms with van der Waals surface area (Å²) >= 11 is 2.71. The third kappa shape index (κ3) is 3.52. The second-order valence-electron chi connectivity index (χ2n) is 5.39. The number of fused-ring (bicyclic) bond motifs is 1. The van der Waals surface area contributed by atoms with Crippen LogP contribution >= 0.6 is 23.1 Å². The summed E-state index contributed by atoms with van der Waals surface area (Å²) in [6.07, 6.45) is 1.85. The molecule has 3 aromatic rings. The molecular weight excluding hydrogens is 342 g/mol. The van der Waals surface area contributed by atoms with Crippen LogP contribution in [0.5, 0.6) is 0 Å². The first-order valence-corrected chi connectivity index (χ1v) is 9.53. The molecule has 5 nitrogen and oxygen atoms in total. The summed E-state index contributed by atoms with van der Waals surface area (Å²) in [4.78, 5) is 29.3. The number of hydrogen-bond donors (Lipinski definition) is 1. The number of aryl methyl sites for hydroxylation is 1. The summed E-state index contributed by atoms with van der Waals surface area (Å²) in [6.45, 7) is 2.44. The Morgan fingerprint density at radius 3 is 2.75 bits per heavy atom. The minimum atomic E-state index is -0.203. The maximum absolute atomic E-state index is 12.6. The van der Waals surface area contributed by atoms with Gasteiger partial charge in [0.05, 0.1) is 5.52 Å². The molecule has 124 valence electrons. The highest BCUT2D eigenvalue weighted by Crippen LogP contribution is 2.19. The van der Waals surface area contributed by atoms with E-state index in [2.05, 4.69) is 10.3 Å². The van der Waals surface area contributed by atoms with Crippen molar-refractivity contribution in [3.8, 4) is 0 Å². The first-order chi connectivity index (χ1) is 11.6. The summed E-state index contributed by atoms with van der Waals surface area (Å²) in [5.41, 5.74) is 2.73. The van der Waals surface area contributed by atoms with Crippen LogP contribution in [0.25, 0.3) is 10.2 Å². The largest absolute Gasteiger partial charge is 0.350 e. The van der Waals surface area contributed by atoms with Gasteiger partial charge in [-0.1, -0.05) is 41.6 Å². The van der Waals surface area contributed by atoms with Crippen molar-refractivity contribution < 1.29 is 4.79 Å². The zero-order valence-electron chi connectivity index (χ0n) is 13.4. The van der Waals surface area contributed by atoms with E-state index >= 15 is 0 Å². The molecule has 0 fully saturated rings. The third-order valence-corrected chi connectivity index (χ3v) is 5.19. The average Bonchev–Trinajstić information content (AvgIpc) is 3.05. The molecular formula is C17H17N3O2S2. The van der Waals surface area contributed by atoms with E-state index in [1.807, 2.05) is 48.9 Å². The Kier molecular flexibility index (Phi) is 5.01. The van der Waals surface area contributed by atoms with Gasteiger partial charge in [-0.2, -0.15) is 0 Å². The lowest BCUT2D eigenvalue weighted by Crippen LogP contribution is -2.33. The molecule has 1 amide bonds. The van der Waals surface area contributed by atoms with Gasteiger partial charge in [-0.25, -0.2) is 4.98 Å². The monoisotopic (exact) mass is 359 g/mol. The van der Waals surface area contributed by atoms with Gasteiger partial charge in [0.15, 0.2) is 5.16 Å². The molecule has 0 unspecified atom stereocenters. The van der Waals surface area contributed by atoms with Gasteiger partial charge in [-0.3, -0.25) is 14.2 Å². The molecule has 7 heteroatoms. The predicted octanol–water partition coefficient (Wildman–Crippen LogP) is 2.80. The summed E-state index contributed by atoms with van der Waals surface area (Å²) in [5.74, 6) is -0.203. The molecule has 0 aliphatic rings. The molecule has 0 spiro atoms. The standard InChI is InChI=1S/C17H17N3O2S2/c1-11-3-5-12(6-4-11)9-18-14(21)10-20-16(22)15-13(7-8-24-15)19-17(20)23-2/h3-8H,9-10H2,1-2H3,(H,18,21). The van der Waals surface area contributed by atoms with Crippen LogP contribution in [0, 0.1) is 6.92 Å². The van der Waals surface area contributed by atoms with E-state index in [0.29, 0.717) is 21.9 Å². The Morgan fingerprint density at radius 1 is 1.29 bits per heavy atom. The maximum Gasteiger partial charge on any atom is 0.272 e. The van der Waals surface area contributed by atoms with Crippen molar-refractivity contribution >= 4 is 39.2 Å². The predicted molar refractivity (Wildman–Crippen MR) is 98.7 cm³/mol. The molecule has 1 N–H and O–H groups in total. The van der Waals surface area contributed by atoms with Gasteiger partial charge in [0.1, 0.15) is 11.2 Å². The van der Waals surface area contributed by atoms with Gasteiger partial charge in [0.2, 0.25) is 5.91 Å². The molecule has 0 saturated heterocycles. The van der Waals surface area contributed by atoms with Crippen molar-refractivity contribution in [1.29, 1.82) is 0 Å². The molecule has 0 aliphatic heterocycles. The number of carbonyl (C=O) groups is 1. The third-order valence-electron chi connectivity index (χ3n) is 3.63. The van der Waals surface area contributed by atoms with Crippen molar-refractivity contribution in [2.24, 2.45) is 0 Å². The van der Waals surface area contributed by atoms with E-state index in [1.54, 1.807) is 0 Å². The van der Waals surface area contributed by atoms with Gasteiger partial charge in [-0.15, -0.1) is 11.3 Å². The Balaban J connectivity index is 1.76. The van der Waals surface area contributed by atoms with Crippen LogP contribution in [0.4, 0.5) is 0 Å². The molecule has 0 saturated carbocycles. The molecule has 1 aromatic carbocycles. The van der Waals surface area contributed by atoms with Crippen LogP contribution < -0.4 is 10.9 Å². The SMILES string of the molecule is CSc1nc2ccsc2c(=O)n1CC(=O)NCc1ccc(C)cc1. The normalized spacial score (nSPS) is 10.9. The molecule has 2 heterocycles. The molecule has 3 rings (SSSR count). The zero-order valence-corrected chi connectivity index (χ0v) is 15.0. The second kappa shape index (κ2) is 7.19. The van der Waals surface area contributed by atoms with Crippen molar-refractivity contribution in [3.05, 3.63) is 57.2 Å². The quantitative estimate of drug-likeness (QED) is 0.562. The van der Waals surface area contributed by atoms with Crippen molar-refractivity contribution in [2.45, 2.75) is 25.2 Å². The Morgan fingerprint density at radius 2 is 2.04 bits per heavy atom. The number of carbonyl (C=O) groups excluding carboxylic acids is 1. The number of aromatic nitrogens is 2. The average molecular weight is 359 g/mol. The number of rotatable bonds is 5. The number of benzene rings is 1. The van der Waals surface area contributed by atoms with E-state index in [-0.39, 0.29) is 18.0 Å².